The quantitative estimate of drug-likeness (QED) is 0.113. The highest BCUT2D eigenvalue weighted by atomic mass is 32.3. The summed E-state index contributed by atoms with van der Waals surface area (Å²) < 4.78 is 37.1. The summed E-state index contributed by atoms with van der Waals surface area (Å²) in [7, 11) is -4.45. The lowest BCUT2D eigenvalue weighted by Crippen LogP contribution is -2.59. The summed E-state index contributed by atoms with van der Waals surface area (Å²) in [5, 5.41) is 19.2. The number of aliphatic hydroxyl groups is 1. The molecule has 0 amide bonds. The Balaban J connectivity index is 1.31. The van der Waals surface area contributed by atoms with Crippen LogP contribution in [0.4, 0.5) is 0 Å². The van der Waals surface area contributed by atoms with E-state index >= 15 is 0 Å². The largest absolute Gasteiger partial charge is 0.397 e. The Labute approximate surface area is 263 Å². The molecule has 0 aromatic carbocycles. The Morgan fingerprint density at radius 3 is 2.42 bits per heavy atom. The van der Waals surface area contributed by atoms with E-state index in [0.29, 0.717) is 65.2 Å². The summed E-state index contributed by atoms with van der Waals surface area (Å²) in [6.45, 7) is 15.2. The van der Waals surface area contributed by atoms with Crippen LogP contribution in [0.5, 0.6) is 0 Å². The van der Waals surface area contributed by atoms with E-state index in [9.17, 15) is 18.1 Å². The zero-order chi connectivity index (χ0) is 31.4. The van der Waals surface area contributed by atoms with Crippen LogP contribution in [-0.4, -0.2) is 62.5 Å². The lowest BCUT2D eigenvalue weighted by Gasteiger charge is -2.62. The summed E-state index contributed by atoms with van der Waals surface area (Å²) in [6, 6.07) is 0.573. The SMILES string of the molecule is CC1CC2C(C(O)C[C@H]3C[C@@H](NCCCNCCCCN)CC[C@]23C)C2CC[C@H](C(C)CC[C@@H](OS(=O)(=O)O)C(C)C)C12. The van der Waals surface area contributed by atoms with Gasteiger partial charge in [-0.1, -0.05) is 34.6 Å². The third-order valence-electron chi connectivity index (χ3n) is 12.8. The first kappa shape index (κ1) is 35.6. The van der Waals surface area contributed by atoms with Gasteiger partial charge in [0.05, 0.1) is 12.2 Å². The van der Waals surface area contributed by atoms with Gasteiger partial charge in [0.2, 0.25) is 0 Å². The van der Waals surface area contributed by atoms with Crippen LogP contribution in [0.15, 0.2) is 0 Å². The second kappa shape index (κ2) is 15.5. The van der Waals surface area contributed by atoms with Gasteiger partial charge in [0, 0.05) is 6.04 Å². The topological polar surface area (TPSA) is 134 Å². The molecule has 0 spiro atoms. The molecule has 6 N–H and O–H groups in total. The second-order valence-electron chi connectivity index (χ2n) is 15.8. The fraction of sp³-hybridized carbons (Fsp3) is 1.00. The molecule has 0 bridgehead atoms. The fourth-order valence-corrected chi connectivity index (χ4v) is 11.2. The molecule has 0 aromatic rings. The fourth-order valence-electron chi connectivity index (χ4n) is 10.6. The van der Waals surface area contributed by atoms with Crippen molar-refractivity contribution in [1.82, 2.24) is 10.6 Å². The molecule has 12 atom stereocenters. The molecule has 7 unspecified atom stereocenters. The molecule has 0 aliphatic heterocycles. The minimum Gasteiger partial charge on any atom is -0.393 e. The first-order valence-electron chi connectivity index (χ1n) is 17.8. The van der Waals surface area contributed by atoms with Crippen LogP contribution in [0.3, 0.4) is 0 Å². The molecule has 43 heavy (non-hydrogen) atoms. The number of nitrogens with two attached hydrogens (primary N) is 1. The third kappa shape index (κ3) is 8.75. The molecule has 9 heteroatoms. The summed E-state index contributed by atoms with van der Waals surface area (Å²) in [5.41, 5.74) is 5.91. The van der Waals surface area contributed by atoms with Gasteiger partial charge in [-0.25, -0.2) is 4.18 Å². The molecule has 4 fully saturated rings. The number of unbranched alkanes of at least 4 members (excludes halogenated alkanes) is 1. The highest BCUT2D eigenvalue weighted by molar-refractivity contribution is 7.80. The van der Waals surface area contributed by atoms with E-state index in [1.807, 2.05) is 13.8 Å². The van der Waals surface area contributed by atoms with Crippen molar-refractivity contribution < 1.29 is 22.3 Å². The lowest BCUT2D eigenvalue weighted by atomic mass is 9.44. The van der Waals surface area contributed by atoms with Crippen LogP contribution in [0, 0.1) is 58.7 Å². The zero-order valence-electron chi connectivity index (χ0n) is 27.8. The van der Waals surface area contributed by atoms with Crippen LogP contribution in [0.1, 0.15) is 112 Å². The number of aliphatic hydroxyl groups excluding tert-OH is 1. The summed E-state index contributed by atoms with van der Waals surface area (Å²) in [6.07, 6.45) is 12.6. The minimum absolute atomic E-state index is 0.0183. The molecular formula is C34H65N3O5S. The molecule has 0 heterocycles. The maximum Gasteiger partial charge on any atom is 0.397 e. The van der Waals surface area contributed by atoms with Crippen LogP contribution in [0.2, 0.25) is 0 Å². The normalized spacial score (nSPS) is 39.2. The van der Waals surface area contributed by atoms with E-state index in [4.69, 9.17) is 9.92 Å². The maximum absolute atomic E-state index is 11.7. The average molecular weight is 628 g/mol. The smallest absolute Gasteiger partial charge is 0.393 e. The van der Waals surface area contributed by atoms with Gasteiger partial charge in [0.25, 0.3) is 0 Å². The van der Waals surface area contributed by atoms with Crippen molar-refractivity contribution in [2.75, 3.05) is 26.2 Å². The maximum atomic E-state index is 11.7. The van der Waals surface area contributed by atoms with E-state index < -0.39 is 16.5 Å². The summed E-state index contributed by atoms with van der Waals surface area (Å²) in [4.78, 5) is 0. The van der Waals surface area contributed by atoms with Gasteiger partial charge in [-0.05, 0) is 162 Å². The van der Waals surface area contributed by atoms with Gasteiger partial charge >= 0.3 is 10.4 Å². The number of rotatable bonds is 16. The van der Waals surface area contributed by atoms with Crippen LogP contribution in [-0.2, 0) is 14.6 Å². The van der Waals surface area contributed by atoms with E-state index in [0.717, 1.165) is 58.3 Å². The molecule has 4 rings (SSSR count). The third-order valence-corrected chi connectivity index (χ3v) is 13.3. The van der Waals surface area contributed by atoms with Crippen LogP contribution < -0.4 is 16.4 Å². The molecule has 0 aromatic heterocycles. The molecular weight excluding hydrogens is 562 g/mol. The summed E-state index contributed by atoms with van der Waals surface area (Å²) >= 11 is 0. The van der Waals surface area contributed by atoms with Crippen molar-refractivity contribution in [3.63, 3.8) is 0 Å². The molecule has 4 saturated carbocycles. The number of fused-ring (bicyclic) bond motifs is 5. The predicted molar refractivity (Wildman–Crippen MR) is 174 cm³/mol. The number of hydrogen-bond acceptors (Lipinski definition) is 7. The molecule has 0 radical (unpaired) electrons. The molecule has 0 saturated heterocycles. The first-order chi connectivity index (χ1) is 20.4. The molecule has 8 nitrogen and oxygen atoms in total. The van der Waals surface area contributed by atoms with Crippen molar-refractivity contribution in [2.24, 2.45) is 64.4 Å². The van der Waals surface area contributed by atoms with E-state index in [2.05, 4.69) is 31.4 Å². The molecule has 252 valence electrons. The molecule has 4 aliphatic rings. The van der Waals surface area contributed by atoms with E-state index in [1.165, 1.54) is 38.5 Å². The van der Waals surface area contributed by atoms with Crippen molar-refractivity contribution in [2.45, 2.75) is 130 Å². The van der Waals surface area contributed by atoms with Crippen molar-refractivity contribution in [3.8, 4) is 0 Å². The van der Waals surface area contributed by atoms with E-state index in [-0.39, 0.29) is 12.0 Å². The Morgan fingerprint density at radius 1 is 0.977 bits per heavy atom. The van der Waals surface area contributed by atoms with Gasteiger partial charge in [-0.2, -0.15) is 8.42 Å². The monoisotopic (exact) mass is 627 g/mol. The highest BCUT2D eigenvalue weighted by Crippen LogP contribution is 2.65. The minimum atomic E-state index is -4.45. The Kier molecular flexibility index (Phi) is 12.8. The van der Waals surface area contributed by atoms with Crippen molar-refractivity contribution in [1.29, 1.82) is 0 Å². The Hall–Kier alpha value is -0.290. The first-order valence-corrected chi connectivity index (χ1v) is 19.2. The van der Waals surface area contributed by atoms with Crippen molar-refractivity contribution >= 4 is 10.4 Å². The number of nitrogens with one attached hydrogen (secondary N) is 2. The predicted octanol–water partition coefficient (Wildman–Crippen LogP) is 5.41. The van der Waals surface area contributed by atoms with Gasteiger partial charge in [0.15, 0.2) is 0 Å². The summed E-state index contributed by atoms with van der Waals surface area (Å²) in [5.74, 6) is 4.58. The van der Waals surface area contributed by atoms with Crippen LogP contribution >= 0.6 is 0 Å². The number of hydrogen-bond donors (Lipinski definition) is 5. The standard InChI is InChI=1S/C34H65N3O5S/c1-22(2)31(42-43(39,40)41)12-9-23(3)27-10-11-28-32(27)24(4)19-29-33(28)30(38)21-25-20-26(13-14-34(25,29)5)37-18-8-17-36-16-7-6-15-35/h22-33,36-38H,6-21,35H2,1-5H3,(H,39,40,41)/t23?,24?,25-,26+,27-,28?,29?,30?,31-,32?,33?,34+/m1/s1. The Morgan fingerprint density at radius 2 is 1.72 bits per heavy atom. The van der Waals surface area contributed by atoms with Gasteiger partial charge in [-0.3, -0.25) is 4.55 Å². The van der Waals surface area contributed by atoms with Gasteiger partial charge in [0.1, 0.15) is 0 Å². The second-order valence-corrected chi connectivity index (χ2v) is 16.8. The highest BCUT2D eigenvalue weighted by Gasteiger charge is 2.61. The van der Waals surface area contributed by atoms with Gasteiger partial charge in [-0.15, -0.1) is 0 Å². The lowest BCUT2D eigenvalue weighted by molar-refractivity contribution is -0.160. The van der Waals surface area contributed by atoms with Crippen LogP contribution in [0.25, 0.3) is 0 Å². The zero-order valence-corrected chi connectivity index (χ0v) is 28.7. The van der Waals surface area contributed by atoms with E-state index in [1.54, 1.807) is 0 Å². The Bertz CT molecular complexity index is 966. The average Bonchev–Trinajstić information content (AvgIpc) is 3.38. The molecule has 4 aliphatic carbocycles. The van der Waals surface area contributed by atoms with Crippen molar-refractivity contribution in [3.05, 3.63) is 0 Å². The van der Waals surface area contributed by atoms with Gasteiger partial charge < -0.3 is 21.5 Å².